The Morgan fingerprint density at radius 2 is 2.05 bits per heavy atom. The molecule has 0 unspecified atom stereocenters. The average molecular weight is 299 g/mol. The first-order valence-electron chi connectivity index (χ1n) is 6.76. The van der Waals surface area contributed by atoms with Crippen LogP contribution in [0.25, 0.3) is 0 Å². The molecule has 0 saturated carbocycles. The van der Waals surface area contributed by atoms with Gasteiger partial charge in [-0.05, 0) is 19.1 Å². The van der Waals surface area contributed by atoms with E-state index in [4.69, 9.17) is 16.3 Å². The Balaban J connectivity index is 3.06. The molecule has 0 N–H and O–H groups in total. The minimum absolute atomic E-state index is 0.0423. The van der Waals surface area contributed by atoms with E-state index in [2.05, 4.69) is 4.98 Å². The van der Waals surface area contributed by atoms with Gasteiger partial charge in [0.2, 0.25) is 0 Å². The molecule has 5 heteroatoms. The van der Waals surface area contributed by atoms with E-state index in [1.54, 1.807) is 18.1 Å². The van der Waals surface area contributed by atoms with E-state index in [0.29, 0.717) is 30.4 Å². The molecule has 1 rings (SSSR count). The van der Waals surface area contributed by atoms with E-state index in [-0.39, 0.29) is 11.3 Å². The van der Waals surface area contributed by atoms with Crippen molar-refractivity contribution in [3.63, 3.8) is 0 Å². The molecule has 0 atom stereocenters. The first-order chi connectivity index (χ1) is 9.29. The normalized spacial score (nSPS) is 11.5. The molecule has 0 fully saturated rings. The van der Waals surface area contributed by atoms with Gasteiger partial charge in [0.05, 0.1) is 6.61 Å². The second-order valence-corrected chi connectivity index (χ2v) is 6.08. The molecular weight excluding hydrogens is 276 g/mol. The fourth-order valence-corrected chi connectivity index (χ4v) is 2.00. The number of likely N-dealkylation sites (N-methyl/N-ethyl adjacent to an activating group) is 1. The van der Waals surface area contributed by atoms with Gasteiger partial charge >= 0.3 is 0 Å². The third kappa shape index (κ3) is 4.46. The van der Waals surface area contributed by atoms with Crippen molar-refractivity contribution in [1.29, 1.82) is 0 Å². The summed E-state index contributed by atoms with van der Waals surface area (Å²) in [5, 5.41) is 0.351. The lowest BCUT2D eigenvalue weighted by atomic mass is 9.91. The van der Waals surface area contributed by atoms with Crippen LogP contribution in [0.5, 0.6) is 0 Å². The largest absolute Gasteiger partial charge is 0.383 e. The standard InChI is InChI=1S/C15H23ClN2O2/c1-6-18(7-8-20-5)14(19)11-9-12(15(2,3)4)17-13(16)10-11/h9-10H,6-8H2,1-5H3. The van der Waals surface area contributed by atoms with Gasteiger partial charge < -0.3 is 9.64 Å². The zero-order valence-corrected chi connectivity index (χ0v) is 13.6. The summed E-state index contributed by atoms with van der Waals surface area (Å²) < 4.78 is 5.03. The number of aromatic nitrogens is 1. The zero-order chi connectivity index (χ0) is 15.3. The Bertz CT molecular complexity index is 469. The number of carbonyl (C=O) groups excluding carboxylic acids is 1. The van der Waals surface area contributed by atoms with E-state index in [1.165, 1.54) is 0 Å². The fourth-order valence-electron chi connectivity index (χ4n) is 1.79. The van der Waals surface area contributed by atoms with Crippen LogP contribution in [-0.4, -0.2) is 42.6 Å². The van der Waals surface area contributed by atoms with Crippen LogP contribution < -0.4 is 0 Å². The first-order valence-corrected chi connectivity index (χ1v) is 7.13. The predicted octanol–water partition coefficient (Wildman–Crippen LogP) is 3.14. The van der Waals surface area contributed by atoms with Crippen molar-refractivity contribution in [3.05, 3.63) is 28.5 Å². The van der Waals surface area contributed by atoms with Crippen LogP contribution in [0.2, 0.25) is 5.15 Å². The highest BCUT2D eigenvalue weighted by molar-refractivity contribution is 6.29. The molecule has 0 aromatic carbocycles. The van der Waals surface area contributed by atoms with E-state index in [0.717, 1.165) is 5.69 Å². The van der Waals surface area contributed by atoms with Gasteiger partial charge in [0, 0.05) is 36.9 Å². The average Bonchev–Trinajstić information content (AvgIpc) is 2.37. The number of amides is 1. The zero-order valence-electron chi connectivity index (χ0n) is 12.9. The lowest BCUT2D eigenvalue weighted by Crippen LogP contribution is -2.34. The van der Waals surface area contributed by atoms with Crippen LogP contribution >= 0.6 is 11.6 Å². The molecule has 0 spiro atoms. The van der Waals surface area contributed by atoms with E-state index >= 15 is 0 Å². The van der Waals surface area contributed by atoms with Crippen molar-refractivity contribution in [2.75, 3.05) is 26.8 Å². The molecule has 20 heavy (non-hydrogen) atoms. The summed E-state index contributed by atoms with van der Waals surface area (Å²) in [5.41, 5.74) is 1.24. The van der Waals surface area contributed by atoms with Crippen molar-refractivity contribution < 1.29 is 9.53 Å². The topological polar surface area (TPSA) is 42.4 Å². The quantitative estimate of drug-likeness (QED) is 0.784. The molecule has 1 aromatic heterocycles. The smallest absolute Gasteiger partial charge is 0.254 e. The molecular formula is C15H23ClN2O2. The Morgan fingerprint density at radius 3 is 2.55 bits per heavy atom. The summed E-state index contributed by atoms with van der Waals surface area (Å²) in [6.07, 6.45) is 0. The van der Waals surface area contributed by atoms with Crippen molar-refractivity contribution in [2.45, 2.75) is 33.1 Å². The summed E-state index contributed by atoms with van der Waals surface area (Å²) >= 11 is 6.05. The number of ether oxygens (including phenoxy) is 1. The SMILES string of the molecule is CCN(CCOC)C(=O)c1cc(Cl)nc(C(C)(C)C)c1. The predicted molar refractivity (Wildman–Crippen MR) is 81.4 cm³/mol. The summed E-state index contributed by atoms with van der Waals surface area (Å²) in [4.78, 5) is 18.5. The minimum Gasteiger partial charge on any atom is -0.383 e. The summed E-state index contributed by atoms with van der Waals surface area (Å²) in [6.45, 7) is 9.79. The maximum absolute atomic E-state index is 12.5. The monoisotopic (exact) mass is 298 g/mol. The third-order valence-electron chi connectivity index (χ3n) is 3.04. The molecule has 0 aliphatic rings. The van der Waals surface area contributed by atoms with Gasteiger partial charge in [-0.15, -0.1) is 0 Å². The highest BCUT2D eigenvalue weighted by Crippen LogP contribution is 2.24. The third-order valence-corrected chi connectivity index (χ3v) is 3.24. The number of halogens is 1. The van der Waals surface area contributed by atoms with Gasteiger partial charge in [0.25, 0.3) is 5.91 Å². The molecule has 0 aliphatic heterocycles. The Hall–Kier alpha value is -1.13. The van der Waals surface area contributed by atoms with E-state index in [1.807, 2.05) is 33.8 Å². The van der Waals surface area contributed by atoms with Gasteiger partial charge in [-0.2, -0.15) is 0 Å². The first kappa shape index (κ1) is 16.9. The molecule has 0 radical (unpaired) electrons. The number of nitrogens with zero attached hydrogens (tertiary/aromatic N) is 2. The van der Waals surface area contributed by atoms with Gasteiger partial charge in [-0.3, -0.25) is 4.79 Å². The van der Waals surface area contributed by atoms with E-state index < -0.39 is 0 Å². The van der Waals surface area contributed by atoms with Crippen molar-refractivity contribution in [2.24, 2.45) is 0 Å². The highest BCUT2D eigenvalue weighted by atomic mass is 35.5. The lowest BCUT2D eigenvalue weighted by Gasteiger charge is -2.23. The maximum atomic E-state index is 12.5. The minimum atomic E-state index is -0.149. The molecule has 112 valence electrons. The van der Waals surface area contributed by atoms with Crippen molar-refractivity contribution in [1.82, 2.24) is 9.88 Å². The fraction of sp³-hybridized carbons (Fsp3) is 0.600. The number of hydrogen-bond donors (Lipinski definition) is 0. The number of methoxy groups -OCH3 is 1. The molecule has 1 heterocycles. The lowest BCUT2D eigenvalue weighted by molar-refractivity contribution is 0.0706. The highest BCUT2D eigenvalue weighted by Gasteiger charge is 2.21. The van der Waals surface area contributed by atoms with Crippen molar-refractivity contribution >= 4 is 17.5 Å². The maximum Gasteiger partial charge on any atom is 0.254 e. The molecule has 1 amide bonds. The second-order valence-electron chi connectivity index (χ2n) is 5.69. The van der Waals surface area contributed by atoms with Gasteiger partial charge in [-0.25, -0.2) is 4.98 Å². The van der Waals surface area contributed by atoms with Crippen LogP contribution in [0.15, 0.2) is 12.1 Å². The van der Waals surface area contributed by atoms with Crippen LogP contribution in [0.3, 0.4) is 0 Å². The molecule has 0 bridgehead atoms. The van der Waals surface area contributed by atoms with Crippen LogP contribution in [0.4, 0.5) is 0 Å². The number of carbonyl (C=O) groups is 1. The van der Waals surface area contributed by atoms with Crippen LogP contribution in [0.1, 0.15) is 43.7 Å². The molecule has 0 aliphatic carbocycles. The van der Waals surface area contributed by atoms with Crippen LogP contribution in [0, 0.1) is 0 Å². The second kappa shape index (κ2) is 7.04. The Labute approximate surface area is 126 Å². The number of pyridine rings is 1. The number of rotatable bonds is 5. The molecule has 0 saturated heterocycles. The number of hydrogen-bond acceptors (Lipinski definition) is 3. The van der Waals surface area contributed by atoms with E-state index in [9.17, 15) is 4.79 Å². The molecule has 4 nitrogen and oxygen atoms in total. The van der Waals surface area contributed by atoms with Gasteiger partial charge in [0.15, 0.2) is 0 Å². The Kier molecular flexibility index (Phi) is 5.96. The summed E-state index contributed by atoms with van der Waals surface area (Å²) in [5.74, 6) is -0.0423. The molecule has 1 aromatic rings. The van der Waals surface area contributed by atoms with Crippen LogP contribution in [-0.2, 0) is 10.2 Å². The van der Waals surface area contributed by atoms with Gasteiger partial charge in [-0.1, -0.05) is 32.4 Å². The van der Waals surface area contributed by atoms with Crippen molar-refractivity contribution in [3.8, 4) is 0 Å². The van der Waals surface area contributed by atoms with Gasteiger partial charge in [0.1, 0.15) is 5.15 Å². The Morgan fingerprint density at radius 1 is 1.40 bits per heavy atom. The summed E-state index contributed by atoms with van der Waals surface area (Å²) in [7, 11) is 1.62. The summed E-state index contributed by atoms with van der Waals surface area (Å²) in [6, 6.07) is 3.44.